The number of hydrazone groups is 1. The van der Waals surface area contributed by atoms with Gasteiger partial charge in [0, 0.05) is 17.2 Å². The summed E-state index contributed by atoms with van der Waals surface area (Å²) in [6, 6.07) is 20.6. The molecule has 0 aliphatic carbocycles. The van der Waals surface area contributed by atoms with Crippen molar-refractivity contribution in [2.45, 2.75) is 0 Å². The molecule has 0 spiro atoms. The molecule has 0 saturated carbocycles. The molecule has 3 aromatic carbocycles. The van der Waals surface area contributed by atoms with Crippen LogP contribution in [-0.4, -0.2) is 11.1 Å². The van der Waals surface area contributed by atoms with Gasteiger partial charge >= 0.3 is 0 Å². The molecule has 3 aromatic rings. The number of nitrogens with one attached hydrogen (secondary N) is 1. The van der Waals surface area contributed by atoms with E-state index in [4.69, 9.17) is 16.3 Å². The predicted molar refractivity (Wildman–Crippen MR) is 102 cm³/mol. The molecule has 0 saturated heterocycles. The van der Waals surface area contributed by atoms with Gasteiger partial charge in [0.1, 0.15) is 11.5 Å². The summed E-state index contributed by atoms with van der Waals surface area (Å²) in [5, 5.41) is 15.5. The summed E-state index contributed by atoms with van der Waals surface area (Å²) in [4.78, 5) is 10.3. The van der Waals surface area contributed by atoms with E-state index in [0.717, 1.165) is 5.56 Å². The molecule has 0 fully saturated rings. The fourth-order valence-corrected chi connectivity index (χ4v) is 2.26. The van der Waals surface area contributed by atoms with Crippen molar-refractivity contribution in [1.82, 2.24) is 0 Å². The van der Waals surface area contributed by atoms with E-state index >= 15 is 0 Å². The second kappa shape index (κ2) is 8.13. The van der Waals surface area contributed by atoms with Crippen LogP contribution in [-0.2, 0) is 0 Å². The van der Waals surface area contributed by atoms with E-state index in [9.17, 15) is 10.1 Å². The van der Waals surface area contributed by atoms with Crippen LogP contribution in [0.5, 0.6) is 11.5 Å². The molecule has 0 radical (unpaired) electrons. The molecule has 0 unspecified atom stereocenters. The second-order valence-corrected chi connectivity index (χ2v) is 5.74. The molecule has 0 aromatic heterocycles. The Kier molecular flexibility index (Phi) is 5.46. The smallest absolute Gasteiger partial charge is 0.271 e. The first-order valence-corrected chi connectivity index (χ1v) is 8.05. The van der Waals surface area contributed by atoms with Crippen molar-refractivity contribution in [1.29, 1.82) is 0 Å². The van der Waals surface area contributed by atoms with Crippen LogP contribution >= 0.6 is 11.6 Å². The average molecular weight is 368 g/mol. The van der Waals surface area contributed by atoms with Crippen LogP contribution in [0.15, 0.2) is 77.9 Å². The first-order valence-electron chi connectivity index (χ1n) is 7.67. The highest BCUT2D eigenvalue weighted by molar-refractivity contribution is 6.30. The van der Waals surface area contributed by atoms with E-state index in [-0.39, 0.29) is 5.69 Å². The van der Waals surface area contributed by atoms with Gasteiger partial charge in [-0.15, -0.1) is 0 Å². The van der Waals surface area contributed by atoms with Crippen molar-refractivity contribution in [3.05, 3.63) is 93.5 Å². The molecular weight excluding hydrogens is 354 g/mol. The number of nitro groups is 1. The number of hydrogen-bond donors (Lipinski definition) is 1. The summed E-state index contributed by atoms with van der Waals surface area (Å²) in [6.07, 6.45) is 1.62. The Morgan fingerprint density at radius 2 is 1.65 bits per heavy atom. The van der Waals surface area contributed by atoms with Gasteiger partial charge in [0.2, 0.25) is 0 Å². The molecule has 0 bridgehead atoms. The molecule has 26 heavy (non-hydrogen) atoms. The third kappa shape index (κ3) is 4.81. The quantitative estimate of drug-likeness (QED) is 0.355. The lowest BCUT2D eigenvalue weighted by Crippen LogP contribution is -1.93. The SMILES string of the molecule is O=[N+]([O-])c1cccc(NN=Cc2ccc(Oc3ccc(Cl)cc3)cc2)c1. The molecule has 6 nitrogen and oxygen atoms in total. The number of nitro benzene ring substituents is 1. The van der Waals surface area contributed by atoms with Crippen LogP contribution < -0.4 is 10.2 Å². The minimum atomic E-state index is -0.450. The maximum Gasteiger partial charge on any atom is 0.271 e. The van der Waals surface area contributed by atoms with Gasteiger partial charge in [-0.3, -0.25) is 15.5 Å². The molecule has 0 amide bonds. The summed E-state index contributed by atoms with van der Waals surface area (Å²) in [5.41, 5.74) is 4.17. The Balaban J connectivity index is 1.60. The summed E-state index contributed by atoms with van der Waals surface area (Å²) in [6.45, 7) is 0. The Bertz CT molecular complexity index is 926. The lowest BCUT2D eigenvalue weighted by molar-refractivity contribution is -0.384. The summed E-state index contributed by atoms with van der Waals surface area (Å²) in [7, 11) is 0. The van der Waals surface area contributed by atoms with Crippen LogP contribution in [0.25, 0.3) is 0 Å². The minimum Gasteiger partial charge on any atom is -0.457 e. The highest BCUT2D eigenvalue weighted by Gasteiger charge is 2.04. The molecule has 7 heteroatoms. The Labute approximate surface area is 154 Å². The third-order valence-corrected chi connectivity index (χ3v) is 3.65. The van der Waals surface area contributed by atoms with Gasteiger partial charge in [-0.05, 0) is 60.2 Å². The largest absolute Gasteiger partial charge is 0.457 e. The van der Waals surface area contributed by atoms with E-state index < -0.39 is 4.92 Å². The van der Waals surface area contributed by atoms with Crippen molar-refractivity contribution in [3.8, 4) is 11.5 Å². The number of benzene rings is 3. The van der Waals surface area contributed by atoms with Gasteiger partial charge < -0.3 is 4.74 Å². The number of hydrogen-bond acceptors (Lipinski definition) is 5. The number of rotatable bonds is 6. The fourth-order valence-electron chi connectivity index (χ4n) is 2.13. The van der Waals surface area contributed by atoms with E-state index in [2.05, 4.69) is 10.5 Å². The lowest BCUT2D eigenvalue weighted by atomic mass is 10.2. The van der Waals surface area contributed by atoms with Crippen molar-refractivity contribution in [2.75, 3.05) is 5.43 Å². The van der Waals surface area contributed by atoms with Crippen LogP contribution in [0.4, 0.5) is 11.4 Å². The monoisotopic (exact) mass is 367 g/mol. The predicted octanol–water partition coefficient (Wildman–Crippen LogP) is 5.49. The van der Waals surface area contributed by atoms with Crippen molar-refractivity contribution < 1.29 is 9.66 Å². The second-order valence-electron chi connectivity index (χ2n) is 5.30. The first-order chi connectivity index (χ1) is 12.6. The molecular formula is C19H14ClN3O3. The van der Waals surface area contributed by atoms with E-state index in [1.54, 1.807) is 42.6 Å². The summed E-state index contributed by atoms with van der Waals surface area (Å²) < 4.78 is 5.72. The van der Waals surface area contributed by atoms with E-state index in [1.807, 2.05) is 24.3 Å². The molecule has 3 rings (SSSR count). The highest BCUT2D eigenvalue weighted by Crippen LogP contribution is 2.23. The van der Waals surface area contributed by atoms with Crippen LogP contribution in [0.3, 0.4) is 0 Å². The summed E-state index contributed by atoms with van der Waals surface area (Å²) in [5.74, 6) is 1.39. The maximum atomic E-state index is 10.7. The molecule has 0 aliphatic heterocycles. The topological polar surface area (TPSA) is 76.8 Å². The molecule has 130 valence electrons. The highest BCUT2D eigenvalue weighted by atomic mass is 35.5. The lowest BCUT2D eigenvalue weighted by Gasteiger charge is -2.05. The van der Waals surface area contributed by atoms with E-state index in [1.165, 1.54) is 12.1 Å². The number of halogens is 1. The van der Waals surface area contributed by atoms with Crippen LogP contribution in [0, 0.1) is 10.1 Å². The standard InChI is InChI=1S/C19H14ClN3O3/c20-15-6-10-19(11-7-15)26-18-8-4-14(5-9-18)13-21-22-16-2-1-3-17(12-16)23(24)25/h1-13,22H. The molecule has 1 N–H and O–H groups in total. The zero-order valence-corrected chi connectivity index (χ0v) is 14.3. The Morgan fingerprint density at radius 3 is 2.31 bits per heavy atom. The Morgan fingerprint density at radius 1 is 1.00 bits per heavy atom. The third-order valence-electron chi connectivity index (χ3n) is 3.39. The zero-order chi connectivity index (χ0) is 18.4. The van der Waals surface area contributed by atoms with Crippen LogP contribution in [0.2, 0.25) is 5.02 Å². The van der Waals surface area contributed by atoms with Gasteiger partial charge in [0.25, 0.3) is 5.69 Å². The normalized spacial score (nSPS) is 10.7. The van der Waals surface area contributed by atoms with Gasteiger partial charge in [-0.1, -0.05) is 17.7 Å². The Hall–Kier alpha value is -3.38. The zero-order valence-electron chi connectivity index (χ0n) is 13.5. The molecule has 0 atom stereocenters. The van der Waals surface area contributed by atoms with Crippen molar-refractivity contribution in [2.24, 2.45) is 5.10 Å². The van der Waals surface area contributed by atoms with Crippen molar-refractivity contribution in [3.63, 3.8) is 0 Å². The molecule has 0 aliphatic rings. The maximum absolute atomic E-state index is 10.7. The van der Waals surface area contributed by atoms with Gasteiger partial charge in [0.05, 0.1) is 16.8 Å². The fraction of sp³-hybridized carbons (Fsp3) is 0. The molecule has 0 heterocycles. The van der Waals surface area contributed by atoms with Gasteiger partial charge in [-0.25, -0.2) is 0 Å². The number of anilines is 1. The van der Waals surface area contributed by atoms with Crippen LogP contribution in [0.1, 0.15) is 5.56 Å². The number of nitrogens with zero attached hydrogens (tertiary/aromatic N) is 2. The summed E-state index contributed by atoms with van der Waals surface area (Å²) >= 11 is 5.84. The van der Waals surface area contributed by atoms with Gasteiger partial charge in [-0.2, -0.15) is 5.10 Å². The minimum absolute atomic E-state index is 0.00824. The average Bonchev–Trinajstić information content (AvgIpc) is 2.65. The van der Waals surface area contributed by atoms with Crippen molar-refractivity contribution >= 4 is 29.2 Å². The number of non-ortho nitro benzene ring substituents is 1. The van der Waals surface area contributed by atoms with Gasteiger partial charge in [0.15, 0.2) is 0 Å². The van der Waals surface area contributed by atoms with E-state index in [0.29, 0.717) is 22.2 Å². The first kappa shape index (κ1) is 17.4. The number of ether oxygens (including phenoxy) is 1.